The molecule has 3 aromatic rings. The largest absolute Gasteiger partial charge is 0.346 e. The molecule has 3 amide bonds. The molecule has 1 fully saturated rings. The summed E-state index contributed by atoms with van der Waals surface area (Å²) in [4.78, 5) is 42.6. The van der Waals surface area contributed by atoms with E-state index in [9.17, 15) is 18.8 Å². The topological polar surface area (TPSA) is 69.7 Å². The van der Waals surface area contributed by atoms with Gasteiger partial charge in [-0.1, -0.05) is 36.4 Å². The zero-order chi connectivity index (χ0) is 24.5. The molecule has 35 heavy (non-hydrogen) atoms. The van der Waals surface area contributed by atoms with Crippen LogP contribution in [0, 0.1) is 5.82 Å². The van der Waals surface area contributed by atoms with Crippen LogP contribution in [0.2, 0.25) is 0 Å². The predicted molar refractivity (Wildman–Crippen MR) is 130 cm³/mol. The van der Waals surface area contributed by atoms with Crippen LogP contribution in [-0.4, -0.2) is 35.2 Å². The second-order valence-electron chi connectivity index (χ2n) is 9.04. The molecule has 2 heterocycles. The van der Waals surface area contributed by atoms with Gasteiger partial charge in [0.25, 0.3) is 11.8 Å². The highest BCUT2D eigenvalue weighted by atomic mass is 19.1. The first-order valence-electron chi connectivity index (χ1n) is 11.8. The zero-order valence-corrected chi connectivity index (χ0v) is 19.4. The van der Waals surface area contributed by atoms with E-state index in [0.717, 1.165) is 17.5 Å². The zero-order valence-electron chi connectivity index (χ0n) is 19.4. The SMILES string of the molecule is C[C@H](NC(=O)c1ccc(CN2C(=O)[C@H]3CCCN3C(=O)c3ccccc32)cc1)c1ccc(F)cc1. The van der Waals surface area contributed by atoms with Crippen molar-refractivity contribution in [3.05, 3.63) is 101 Å². The van der Waals surface area contributed by atoms with Gasteiger partial charge < -0.3 is 15.1 Å². The highest BCUT2D eigenvalue weighted by Crippen LogP contribution is 2.33. The lowest BCUT2D eigenvalue weighted by atomic mass is 10.1. The van der Waals surface area contributed by atoms with Crippen LogP contribution in [0.15, 0.2) is 72.8 Å². The van der Waals surface area contributed by atoms with Gasteiger partial charge in [-0.25, -0.2) is 4.39 Å². The van der Waals surface area contributed by atoms with Gasteiger partial charge >= 0.3 is 0 Å². The number of anilines is 1. The minimum atomic E-state index is -0.437. The van der Waals surface area contributed by atoms with E-state index in [1.165, 1.54) is 12.1 Å². The summed E-state index contributed by atoms with van der Waals surface area (Å²) >= 11 is 0. The summed E-state index contributed by atoms with van der Waals surface area (Å²) in [5, 5.41) is 2.92. The van der Waals surface area contributed by atoms with Crippen LogP contribution in [0.25, 0.3) is 0 Å². The monoisotopic (exact) mass is 471 g/mol. The number of nitrogens with zero attached hydrogens (tertiary/aromatic N) is 2. The molecule has 2 atom stereocenters. The molecule has 7 heteroatoms. The van der Waals surface area contributed by atoms with Crippen molar-refractivity contribution < 1.29 is 18.8 Å². The smallest absolute Gasteiger partial charge is 0.256 e. The molecule has 3 aromatic carbocycles. The van der Waals surface area contributed by atoms with E-state index >= 15 is 0 Å². The Kier molecular flexibility index (Phi) is 6.07. The number of benzene rings is 3. The number of fused-ring (bicyclic) bond motifs is 2. The fraction of sp³-hybridized carbons (Fsp3) is 0.250. The normalized spacial score (nSPS) is 18.1. The van der Waals surface area contributed by atoms with E-state index in [-0.39, 0.29) is 29.6 Å². The summed E-state index contributed by atoms with van der Waals surface area (Å²) in [6, 6.07) is 19.7. The Morgan fingerprint density at radius 3 is 2.49 bits per heavy atom. The molecular weight excluding hydrogens is 445 g/mol. The van der Waals surface area contributed by atoms with E-state index in [0.29, 0.717) is 36.3 Å². The second kappa shape index (κ2) is 9.33. The molecular formula is C28H26FN3O3. The lowest BCUT2D eigenvalue weighted by Gasteiger charge is -2.26. The number of nitrogens with one attached hydrogen (secondary N) is 1. The van der Waals surface area contributed by atoms with Crippen LogP contribution in [0.5, 0.6) is 0 Å². The number of hydrogen-bond donors (Lipinski definition) is 1. The molecule has 0 radical (unpaired) electrons. The Balaban J connectivity index is 1.33. The maximum Gasteiger partial charge on any atom is 0.256 e. The first-order chi connectivity index (χ1) is 16.9. The number of amides is 3. The standard InChI is InChI=1S/C28H26FN3O3/c1-18(20-12-14-22(29)15-13-20)30-26(33)21-10-8-19(9-11-21)17-32-24-6-3-2-5-23(24)27(34)31-16-4-7-25(31)28(32)35/h2-3,5-6,8-15,18,25H,4,7,16-17H2,1H3,(H,30,33)/t18-,25+/m0/s1. The third-order valence-corrected chi connectivity index (χ3v) is 6.76. The van der Waals surface area contributed by atoms with Crippen molar-refractivity contribution in [3.8, 4) is 0 Å². The van der Waals surface area contributed by atoms with Gasteiger partial charge in [0.05, 0.1) is 23.8 Å². The summed E-state index contributed by atoms with van der Waals surface area (Å²) < 4.78 is 13.2. The molecule has 0 saturated carbocycles. The lowest BCUT2D eigenvalue weighted by molar-refractivity contribution is -0.122. The van der Waals surface area contributed by atoms with E-state index in [1.807, 2.05) is 37.3 Å². The Bertz CT molecular complexity index is 1270. The Morgan fingerprint density at radius 2 is 1.74 bits per heavy atom. The van der Waals surface area contributed by atoms with Gasteiger partial charge in [0.2, 0.25) is 5.91 Å². The minimum Gasteiger partial charge on any atom is -0.346 e. The summed E-state index contributed by atoms with van der Waals surface area (Å²) in [7, 11) is 0. The van der Waals surface area contributed by atoms with Crippen LogP contribution < -0.4 is 10.2 Å². The van der Waals surface area contributed by atoms with Gasteiger partial charge in [0.15, 0.2) is 0 Å². The maximum atomic E-state index is 13.4. The molecule has 178 valence electrons. The molecule has 2 aliphatic heterocycles. The molecule has 5 rings (SSSR count). The Morgan fingerprint density at radius 1 is 1.03 bits per heavy atom. The third-order valence-electron chi connectivity index (χ3n) is 6.76. The average molecular weight is 472 g/mol. The number of rotatable bonds is 5. The van der Waals surface area contributed by atoms with Gasteiger partial charge in [0, 0.05) is 12.1 Å². The van der Waals surface area contributed by atoms with Crippen molar-refractivity contribution in [1.82, 2.24) is 10.2 Å². The molecule has 1 N–H and O–H groups in total. The number of carbonyl (C=O) groups excluding carboxylic acids is 3. The minimum absolute atomic E-state index is 0.0734. The van der Waals surface area contributed by atoms with Crippen molar-refractivity contribution in [2.24, 2.45) is 0 Å². The number of para-hydroxylation sites is 1. The number of hydrogen-bond acceptors (Lipinski definition) is 3. The van der Waals surface area contributed by atoms with Crippen molar-refractivity contribution in [3.63, 3.8) is 0 Å². The highest BCUT2D eigenvalue weighted by molar-refractivity contribution is 6.11. The lowest BCUT2D eigenvalue weighted by Crippen LogP contribution is -2.44. The molecule has 0 bridgehead atoms. The van der Waals surface area contributed by atoms with Crippen molar-refractivity contribution in [1.29, 1.82) is 0 Å². The van der Waals surface area contributed by atoms with Gasteiger partial charge in [-0.05, 0) is 67.3 Å². The Hall–Kier alpha value is -4.00. The van der Waals surface area contributed by atoms with E-state index < -0.39 is 6.04 Å². The maximum absolute atomic E-state index is 13.4. The Labute approximate surface area is 203 Å². The fourth-order valence-corrected chi connectivity index (χ4v) is 4.83. The van der Waals surface area contributed by atoms with Gasteiger partial charge in [-0.3, -0.25) is 14.4 Å². The summed E-state index contributed by atoms with van der Waals surface area (Å²) in [6.45, 7) is 2.74. The van der Waals surface area contributed by atoms with Crippen molar-refractivity contribution in [2.75, 3.05) is 11.4 Å². The van der Waals surface area contributed by atoms with E-state index in [1.54, 1.807) is 40.1 Å². The summed E-state index contributed by atoms with van der Waals surface area (Å²) in [5.74, 6) is -0.730. The quantitative estimate of drug-likeness (QED) is 0.597. The van der Waals surface area contributed by atoms with Crippen LogP contribution >= 0.6 is 0 Å². The molecule has 1 saturated heterocycles. The number of halogens is 1. The average Bonchev–Trinajstić information content (AvgIpc) is 3.35. The van der Waals surface area contributed by atoms with Crippen molar-refractivity contribution >= 4 is 23.4 Å². The first kappa shape index (κ1) is 22.8. The third kappa shape index (κ3) is 4.41. The molecule has 0 aromatic heterocycles. The summed E-state index contributed by atoms with van der Waals surface area (Å²) in [5.41, 5.74) is 3.31. The first-order valence-corrected chi connectivity index (χ1v) is 11.8. The molecule has 6 nitrogen and oxygen atoms in total. The highest BCUT2D eigenvalue weighted by Gasteiger charge is 2.41. The molecule has 0 aliphatic carbocycles. The van der Waals surface area contributed by atoms with Gasteiger partial charge in [-0.15, -0.1) is 0 Å². The number of carbonyl (C=O) groups is 3. The molecule has 2 aliphatic rings. The van der Waals surface area contributed by atoms with Crippen LogP contribution in [-0.2, 0) is 11.3 Å². The van der Waals surface area contributed by atoms with Crippen LogP contribution in [0.1, 0.15) is 57.7 Å². The van der Waals surface area contributed by atoms with E-state index in [2.05, 4.69) is 5.32 Å². The molecule has 0 spiro atoms. The fourth-order valence-electron chi connectivity index (χ4n) is 4.83. The van der Waals surface area contributed by atoms with Gasteiger partial charge in [0.1, 0.15) is 11.9 Å². The van der Waals surface area contributed by atoms with E-state index in [4.69, 9.17) is 0 Å². The van der Waals surface area contributed by atoms with Crippen LogP contribution in [0.4, 0.5) is 10.1 Å². The molecule has 0 unspecified atom stereocenters. The van der Waals surface area contributed by atoms with Gasteiger partial charge in [-0.2, -0.15) is 0 Å². The van der Waals surface area contributed by atoms with Crippen LogP contribution in [0.3, 0.4) is 0 Å². The van der Waals surface area contributed by atoms with Crippen molar-refractivity contribution in [2.45, 2.75) is 38.4 Å². The predicted octanol–water partition coefficient (Wildman–Crippen LogP) is 4.47. The summed E-state index contributed by atoms with van der Waals surface area (Å²) in [6.07, 6.45) is 1.48. The second-order valence-corrected chi connectivity index (χ2v) is 9.04.